The molecule has 0 amide bonds. The second kappa shape index (κ2) is 6.36. The first-order chi connectivity index (χ1) is 9.65. The van der Waals surface area contributed by atoms with Gasteiger partial charge in [0.25, 0.3) is 0 Å². The Labute approximate surface area is 123 Å². The highest BCUT2D eigenvalue weighted by Gasteiger charge is 2.13. The summed E-state index contributed by atoms with van der Waals surface area (Å²) < 4.78 is 5.22. The van der Waals surface area contributed by atoms with Gasteiger partial charge in [-0.3, -0.25) is 0 Å². The van der Waals surface area contributed by atoms with Gasteiger partial charge in [0, 0.05) is 15.8 Å². The standard InChI is InChI=1S/C16H16N2OS/c1-11(14-5-3-4-6-15(14)18)20-16-9-13(19-2)8-7-12(16)10-17/h3-9,11H,18H2,1-2H3/t11-/m0/s1. The number of nitrogen functional groups attached to an aromatic ring is 1. The van der Waals surface area contributed by atoms with Crippen LogP contribution in [-0.4, -0.2) is 7.11 Å². The average Bonchev–Trinajstić information content (AvgIpc) is 2.47. The number of benzene rings is 2. The van der Waals surface area contributed by atoms with Gasteiger partial charge in [0.2, 0.25) is 0 Å². The Morgan fingerprint density at radius 2 is 2.00 bits per heavy atom. The molecular formula is C16H16N2OS. The molecule has 0 radical (unpaired) electrons. The summed E-state index contributed by atoms with van der Waals surface area (Å²) in [5.74, 6) is 0.750. The Hall–Kier alpha value is -2.12. The number of methoxy groups -OCH3 is 1. The number of nitrogens with zero attached hydrogens (tertiary/aromatic N) is 1. The van der Waals surface area contributed by atoms with Crippen LogP contribution in [-0.2, 0) is 0 Å². The van der Waals surface area contributed by atoms with Gasteiger partial charge in [0.15, 0.2) is 0 Å². The molecule has 4 heteroatoms. The highest BCUT2D eigenvalue weighted by Crippen LogP contribution is 2.39. The first-order valence-electron chi connectivity index (χ1n) is 6.25. The van der Waals surface area contributed by atoms with E-state index in [1.165, 1.54) is 0 Å². The maximum absolute atomic E-state index is 9.19. The number of hydrogen-bond donors (Lipinski definition) is 1. The molecule has 0 fully saturated rings. The Morgan fingerprint density at radius 1 is 1.25 bits per heavy atom. The second-order valence-corrected chi connectivity index (χ2v) is 5.75. The molecule has 102 valence electrons. The molecule has 0 aliphatic carbocycles. The van der Waals surface area contributed by atoms with E-state index in [0.29, 0.717) is 5.56 Å². The van der Waals surface area contributed by atoms with E-state index in [2.05, 4.69) is 13.0 Å². The zero-order chi connectivity index (χ0) is 14.5. The Balaban J connectivity index is 2.30. The van der Waals surface area contributed by atoms with Crippen molar-refractivity contribution in [3.8, 4) is 11.8 Å². The highest BCUT2D eigenvalue weighted by molar-refractivity contribution is 7.99. The van der Waals surface area contributed by atoms with Gasteiger partial charge >= 0.3 is 0 Å². The van der Waals surface area contributed by atoms with Crippen molar-refractivity contribution in [1.29, 1.82) is 5.26 Å². The SMILES string of the molecule is COc1ccc(C#N)c(S[C@@H](C)c2ccccc2N)c1. The van der Waals surface area contributed by atoms with Gasteiger partial charge in [-0.15, -0.1) is 11.8 Å². The molecule has 0 heterocycles. The predicted molar refractivity (Wildman–Crippen MR) is 82.8 cm³/mol. The van der Waals surface area contributed by atoms with E-state index >= 15 is 0 Å². The maximum atomic E-state index is 9.19. The molecule has 20 heavy (non-hydrogen) atoms. The van der Waals surface area contributed by atoms with Crippen molar-refractivity contribution in [2.24, 2.45) is 0 Å². The van der Waals surface area contributed by atoms with E-state index in [1.54, 1.807) is 31.0 Å². The van der Waals surface area contributed by atoms with Gasteiger partial charge in [-0.05, 0) is 36.8 Å². The minimum Gasteiger partial charge on any atom is -0.497 e. The van der Waals surface area contributed by atoms with Gasteiger partial charge in [-0.1, -0.05) is 18.2 Å². The van der Waals surface area contributed by atoms with Crippen LogP contribution in [0.2, 0.25) is 0 Å². The average molecular weight is 284 g/mol. The molecule has 0 spiro atoms. The summed E-state index contributed by atoms with van der Waals surface area (Å²) in [7, 11) is 1.62. The molecule has 2 rings (SSSR count). The van der Waals surface area contributed by atoms with Crippen molar-refractivity contribution in [1.82, 2.24) is 0 Å². The van der Waals surface area contributed by atoms with E-state index in [4.69, 9.17) is 10.5 Å². The Bertz CT molecular complexity index is 649. The van der Waals surface area contributed by atoms with Gasteiger partial charge in [-0.2, -0.15) is 5.26 Å². The molecule has 2 N–H and O–H groups in total. The number of ether oxygens (including phenoxy) is 1. The maximum Gasteiger partial charge on any atom is 0.120 e. The van der Waals surface area contributed by atoms with Gasteiger partial charge in [-0.25, -0.2) is 0 Å². The van der Waals surface area contributed by atoms with Crippen molar-refractivity contribution in [2.75, 3.05) is 12.8 Å². The molecular weight excluding hydrogens is 268 g/mol. The number of thioether (sulfide) groups is 1. The first-order valence-corrected chi connectivity index (χ1v) is 7.13. The number of para-hydroxylation sites is 1. The van der Waals surface area contributed by atoms with E-state index < -0.39 is 0 Å². The van der Waals surface area contributed by atoms with Crippen molar-refractivity contribution in [2.45, 2.75) is 17.1 Å². The van der Waals surface area contributed by atoms with E-state index in [0.717, 1.165) is 21.9 Å². The fourth-order valence-corrected chi connectivity index (χ4v) is 3.10. The molecule has 2 aromatic carbocycles. The van der Waals surface area contributed by atoms with Crippen LogP contribution in [0.4, 0.5) is 5.69 Å². The lowest BCUT2D eigenvalue weighted by Crippen LogP contribution is -1.96. The predicted octanol–water partition coefficient (Wildman–Crippen LogP) is 4.00. The lowest BCUT2D eigenvalue weighted by Gasteiger charge is -2.15. The van der Waals surface area contributed by atoms with Gasteiger partial charge in [0.05, 0.1) is 12.7 Å². The molecule has 0 saturated carbocycles. The topological polar surface area (TPSA) is 59.0 Å². The van der Waals surface area contributed by atoms with Crippen LogP contribution in [0.5, 0.6) is 5.75 Å². The lowest BCUT2D eigenvalue weighted by atomic mass is 10.1. The quantitative estimate of drug-likeness (QED) is 0.681. The summed E-state index contributed by atoms with van der Waals surface area (Å²) in [4.78, 5) is 0.905. The smallest absolute Gasteiger partial charge is 0.120 e. The number of nitriles is 1. The number of nitrogens with two attached hydrogens (primary N) is 1. The number of hydrogen-bond acceptors (Lipinski definition) is 4. The molecule has 0 bridgehead atoms. The fourth-order valence-electron chi connectivity index (χ4n) is 1.95. The van der Waals surface area contributed by atoms with Crippen molar-refractivity contribution < 1.29 is 4.74 Å². The zero-order valence-electron chi connectivity index (χ0n) is 11.5. The van der Waals surface area contributed by atoms with Gasteiger partial charge < -0.3 is 10.5 Å². The van der Waals surface area contributed by atoms with Crippen LogP contribution < -0.4 is 10.5 Å². The van der Waals surface area contributed by atoms with Crippen LogP contribution in [0.25, 0.3) is 0 Å². The molecule has 2 aromatic rings. The monoisotopic (exact) mass is 284 g/mol. The summed E-state index contributed by atoms with van der Waals surface area (Å²) in [5.41, 5.74) is 8.49. The third kappa shape index (κ3) is 3.06. The molecule has 0 aliphatic heterocycles. The molecule has 0 saturated heterocycles. The minimum atomic E-state index is 0.162. The minimum absolute atomic E-state index is 0.162. The third-order valence-electron chi connectivity index (χ3n) is 3.05. The summed E-state index contributed by atoms with van der Waals surface area (Å²) >= 11 is 1.61. The molecule has 1 atom stereocenters. The largest absolute Gasteiger partial charge is 0.497 e. The molecule has 0 aromatic heterocycles. The Morgan fingerprint density at radius 3 is 2.65 bits per heavy atom. The highest BCUT2D eigenvalue weighted by atomic mass is 32.2. The normalized spacial score (nSPS) is 11.7. The number of rotatable bonds is 4. The van der Waals surface area contributed by atoms with Crippen molar-refractivity contribution in [3.05, 3.63) is 53.6 Å². The van der Waals surface area contributed by atoms with Crippen LogP contribution in [0.15, 0.2) is 47.4 Å². The van der Waals surface area contributed by atoms with Crippen LogP contribution in [0.1, 0.15) is 23.3 Å². The molecule has 0 aliphatic rings. The van der Waals surface area contributed by atoms with Gasteiger partial charge in [0.1, 0.15) is 11.8 Å². The van der Waals surface area contributed by atoms with Crippen molar-refractivity contribution in [3.63, 3.8) is 0 Å². The fraction of sp³-hybridized carbons (Fsp3) is 0.188. The summed E-state index contributed by atoms with van der Waals surface area (Å²) in [6, 6.07) is 15.5. The van der Waals surface area contributed by atoms with Crippen LogP contribution >= 0.6 is 11.8 Å². The van der Waals surface area contributed by atoms with Crippen LogP contribution in [0, 0.1) is 11.3 Å². The zero-order valence-corrected chi connectivity index (χ0v) is 12.3. The van der Waals surface area contributed by atoms with E-state index in [9.17, 15) is 5.26 Å². The second-order valence-electron chi connectivity index (χ2n) is 4.36. The summed E-state index contributed by atoms with van der Waals surface area (Å²) in [6.07, 6.45) is 0. The molecule has 3 nitrogen and oxygen atoms in total. The van der Waals surface area contributed by atoms with Crippen molar-refractivity contribution >= 4 is 17.4 Å². The summed E-state index contributed by atoms with van der Waals surface area (Å²) in [6.45, 7) is 2.08. The van der Waals surface area contributed by atoms with E-state index in [-0.39, 0.29) is 5.25 Å². The first kappa shape index (κ1) is 14.3. The lowest BCUT2D eigenvalue weighted by molar-refractivity contribution is 0.413. The van der Waals surface area contributed by atoms with E-state index in [1.807, 2.05) is 30.3 Å². The summed E-state index contributed by atoms with van der Waals surface area (Å²) in [5, 5.41) is 9.35. The van der Waals surface area contributed by atoms with Crippen LogP contribution in [0.3, 0.4) is 0 Å². The third-order valence-corrected chi connectivity index (χ3v) is 4.25. The molecule has 0 unspecified atom stereocenters. The number of anilines is 1. The Kier molecular flexibility index (Phi) is 4.54.